The third kappa shape index (κ3) is 3.80. The first-order valence-corrected chi connectivity index (χ1v) is 6.19. The van der Waals surface area contributed by atoms with Crippen LogP contribution in [0.25, 0.3) is 0 Å². The van der Waals surface area contributed by atoms with Crippen molar-refractivity contribution in [3.8, 4) is 0 Å². The summed E-state index contributed by atoms with van der Waals surface area (Å²) in [5, 5.41) is 0. The SMILES string of the molecule is [Y].[c-]1ccccc1[I+]c1[c-]cccc1. The number of benzene rings is 2. The normalized spacial score (nSPS) is 9.14. The summed E-state index contributed by atoms with van der Waals surface area (Å²) in [6.07, 6.45) is 0. The Morgan fingerprint density at radius 2 is 1.29 bits per heavy atom. The third-order valence-corrected chi connectivity index (χ3v) is 4.05. The zero-order valence-electron chi connectivity index (χ0n) is 7.57. The maximum absolute atomic E-state index is 3.25. The molecule has 2 rings (SSSR count). The summed E-state index contributed by atoms with van der Waals surface area (Å²) in [6.45, 7) is 0. The fraction of sp³-hybridized carbons (Fsp3) is 0. The zero-order chi connectivity index (χ0) is 8.93. The van der Waals surface area contributed by atoms with Gasteiger partial charge in [0.25, 0.3) is 0 Å². The van der Waals surface area contributed by atoms with Crippen molar-refractivity contribution in [2.45, 2.75) is 0 Å². The Hall–Kier alpha value is 0.274. The van der Waals surface area contributed by atoms with Crippen molar-refractivity contribution in [2.24, 2.45) is 0 Å². The molecule has 2 heteroatoms. The van der Waals surface area contributed by atoms with Crippen LogP contribution in [0.5, 0.6) is 0 Å². The second-order valence-electron chi connectivity index (χ2n) is 2.52. The summed E-state index contributed by atoms with van der Waals surface area (Å²) >= 11 is -0.0824. The molecule has 0 aliphatic heterocycles. The minimum atomic E-state index is -0.0824. The molecular weight excluding hydrogens is 360 g/mol. The van der Waals surface area contributed by atoms with Crippen molar-refractivity contribution < 1.29 is 53.9 Å². The van der Waals surface area contributed by atoms with Crippen LogP contribution in [0.15, 0.2) is 48.5 Å². The van der Waals surface area contributed by atoms with E-state index in [0.717, 1.165) is 0 Å². The number of rotatable bonds is 2. The Morgan fingerprint density at radius 3 is 1.64 bits per heavy atom. The van der Waals surface area contributed by atoms with Crippen molar-refractivity contribution in [3.63, 3.8) is 0 Å². The summed E-state index contributed by atoms with van der Waals surface area (Å²) in [7, 11) is 0. The van der Waals surface area contributed by atoms with Crippen LogP contribution < -0.4 is 21.2 Å². The van der Waals surface area contributed by atoms with Crippen LogP contribution in [-0.2, 0) is 32.7 Å². The van der Waals surface area contributed by atoms with E-state index in [9.17, 15) is 0 Å². The quantitative estimate of drug-likeness (QED) is 0.492. The van der Waals surface area contributed by atoms with E-state index in [0.29, 0.717) is 0 Å². The van der Waals surface area contributed by atoms with Crippen LogP contribution in [0.2, 0.25) is 0 Å². The summed E-state index contributed by atoms with van der Waals surface area (Å²) in [5.74, 6) is 0. The molecule has 0 heterocycles. The minimum absolute atomic E-state index is 0. The van der Waals surface area contributed by atoms with Crippen LogP contribution in [0.1, 0.15) is 0 Å². The van der Waals surface area contributed by atoms with E-state index in [1.54, 1.807) is 0 Å². The fourth-order valence-corrected chi connectivity index (χ4v) is 3.04. The summed E-state index contributed by atoms with van der Waals surface area (Å²) in [6, 6.07) is 22.8. The van der Waals surface area contributed by atoms with Gasteiger partial charge in [0, 0.05) is 32.7 Å². The molecule has 0 atom stereocenters. The van der Waals surface area contributed by atoms with Crippen LogP contribution in [0.3, 0.4) is 0 Å². The number of halogens is 1. The van der Waals surface area contributed by atoms with Gasteiger partial charge in [0.15, 0.2) is 0 Å². The van der Waals surface area contributed by atoms with Gasteiger partial charge in [-0.05, 0) is 0 Å². The fourth-order valence-electron chi connectivity index (χ4n) is 0.970. The average molecular weight is 368 g/mol. The van der Waals surface area contributed by atoms with Crippen molar-refractivity contribution >= 4 is 0 Å². The van der Waals surface area contributed by atoms with Crippen LogP contribution in [0.4, 0.5) is 0 Å². The maximum Gasteiger partial charge on any atom is 0.300 e. The first-order valence-electron chi connectivity index (χ1n) is 4.03. The predicted octanol–water partition coefficient (Wildman–Crippen LogP) is -0.587. The van der Waals surface area contributed by atoms with Gasteiger partial charge >= 0.3 is 21.2 Å². The molecule has 1 radical (unpaired) electrons. The van der Waals surface area contributed by atoms with Crippen molar-refractivity contribution in [3.05, 3.63) is 67.8 Å². The molecule has 0 aliphatic carbocycles. The molecule has 0 fully saturated rings. The standard InChI is InChI=1S/C12H8I.Y/c1-3-7-11(8-4-1)13-12-9-5-2-6-10-12;/h1-7,9H;/q-1;. The molecular formula is C12H8IY-. The monoisotopic (exact) mass is 368 g/mol. The van der Waals surface area contributed by atoms with Crippen LogP contribution >= 0.6 is 0 Å². The first kappa shape index (κ1) is 12.3. The van der Waals surface area contributed by atoms with E-state index < -0.39 is 0 Å². The van der Waals surface area contributed by atoms with Crippen LogP contribution in [0, 0.1) is 19.3 Å². The van der Waals surface area contributed by atoms with Gasteiger partial charge in [-0.25, -0.2) is 0 Å². The van der Waals surface area contributed by atoms with Gasteiger partial charge < -0.3 is 0 Å². The molecule has 0 nitrogen and oxygen atoms in total. The Bertz CT molecular complexity index is 321. The summed E-state index contributed by atoms with van der Waals surface area (Å²) in [5.41, 5.74) is 0. The molecule has 2 aromatic rings. The number of hydrogen-bond donors (Lipinski definition) is 0. The van der Waals surface area contributed by atoms with Gasteiger partial charge in [0.2, 0.25) is 0 Å². The largest absolute Gasteiger partial charge is 0.300 e. The Labute approximate surface area is 120 Å². The molecule has 2 aromatic carbocycles. The van der Waals surface area contributed by atoms with E-state index in [4.69, 9.17) is 0 Å². The van der Waals surface area contributed by atoms with E-state index in [1.165, 1.54) is 7.14 Å². The minimum Gasteiger partial charge on any atom is -0.173 e. The molecule has 0 aromatic heterocycles. The van der Waals surface area contributed by atoms with E-state index >= 15 is 0 Å². The third-order valence-electron chi connectivity index (χ3n) is 1.55. The second-order valence-corrected chi connectivity index (χ2v) is 5.38. The molecule has 0 amide bonds. The van der Waals surface area contributed by atoms with E-state index in [2.05, 4.69) is 36.4 Å². The molecule has 0 saturated heterocycles. The van der Waals surface area contributed by atoms with Gasteiger partial charge in [-0.3, -0.25) is 0 Å². The van der Waals surface area contributed by atoms with Gasteiger partial charge in [-0.1, -0.05) is 0 Å². The van der Waals surface area contributed by atoms with E-state index in [1.807, 2.05) is 24.3 Å². The average Bonchev–Trinajstić information content (AvgIpc) is 2.21. The first-order chi connectivity index (χ1) is 6.45. The number of hydrogen-bond acceptors (Lipinski definition) is 0. The molecule has 0 spiro atoms. The Kier molecular flexibility index (Phi) is 5.91. The van der Waals surface area contributed by atoms with Gasteiger partial charge in [0.05, 0.1) is 7.14 Å². The van der Waals surface area contributed by atoms with Gasteiger partial charge in [-0.15, -0.1) is 24.3 Å². The van der Waals surface area contributed by atoms with Crippen molar-refractivity contribution in [1.29, 1.82) is 0 Å². The van der Waals surface area contributed by atoms with Crippen molar-refractivity contribution in [1.82, 2.24) is 0 Å². The Balaban J connectivity index is 0.000000980. The smallest absolute Gasteiger partial charge is 0.173 e. The topological polar surface area (TPSA) is 0 Å². The molecule has 0 bridgehead atoms. The molecule has 0 aliphatic rings. The summed E-state index contributed by atoms with van der Waals surface area (Å²) < 4.78 is 2.65. The molecule has 0 saturated carbocycles. The summed E-state index contributed by atoms with van der Waals surface area (Å²) in [4.78, 5) is 0. The van der Waals surface area contributed by atoms with Gasteiger partial charge in [-0.2, -0.15) is 36.4 Å². The van der Waals surface area contributed by atoms with Crippen molar-refractivity contribution in [2.75, 3.05) is 0 Å². The van der Waals surface area contributed by atoms with E-state index in [-0.39, 0.29) is 53.9 Å². The zero-order valence-corrected chi connectivity index (χ0v) is 12.6. The second kappa shape index (κ2) is 6.70. The molecule has 67 valence electrons. The van der Waals surface area contributed by atoms with Gasteiger partial charge in [0.1, 0.15) is 0 Å². The molecule has 0 unspecified atom stereocenters. The molecule has 0 N–H and O–H groups in total. The Morgan fingerprint density at radius 1 is 0.786 bits per heavy atom. The molecule has 14 heavy (non-hydrogen) atoms. The van der Waals surface area contributed by atoms with Crippen LogP contribution in [-0.4, -0.2) is 0 Å². The maximum atomic E-state index is 3.25. The predicted molar refractivity (Wildman–Crippen MR) is 48.0 cm³/mol.